The van der Waals surface area contributed by atoms with Crippen LogP contribution in [0.4, 0.5) is 0 Å². The third-order valence-electron chi connectivity index (χ3n) is 3.13. The predicted octanol–water partition coefficient (Wildman–Crippen LogP) is 3.14. The Morgan fingerprint density at radius 3 is 2.68 bits per heavy atom. The highest BCUT2D eigenvalue weighted by molar-refractivity contribution is 6.34. The lowest BCUT2D eigenvalue weighted by Crippen LogP contribution is -2.28. The van der Waals surface area contributed by atoms with Gasteiger partial charge >= 0.3 is 0 Å². The summed E-state index contributed by atoms with van der Waals surface area (Å²) in [6.45, 7) is 2.87. The summed E-state index contributed by atoms with van der Waals surface area (Å²) in [4.78, 5) is 8.69. The quantitative estimate of drug-likeness (QED) is 0.852. The van der Waals surface area contributed by atoms with E-state index in [9.17, 15) is 0 Å². The van der Waals surface area contributed by atoms with Crippen molar-refractivity contribution in [2.75, 3.05) is 6.54 Å². The van der Waals surface area contributed by atoms with Gasteiger partial charge in [-0.2, -0.15) is 0 Å². The summed E-state index contributed by atoms with van der Waals surface area (Å²) in [5, 5.41) is 3.83. The maximum atomic E-state index is 6.28. The van der Waals surface area contributed by atoms with Crippen molar-refractivity contribution < 1.29 is 0 Å². The molecule has 0 spiro atoms. The highest BCUT2D eigenvalue weighted by Crippen LogP contribution is 2.28. The van der Waals surface area contributed by atoms with E-state index in [2.05, 4.69) is 34.3 Å². The fraction of sp³-hybridized carbons (Fsp3) is 0.200. The number of nitrogens with one attached hydrogen (secondary N) is 1. The lowest BCUT2D eigenvalue weighted by Gasteiger charge is -2.12. The Kier molecular flexibility index (Phi) is 3.22. The molecule has 2 heterocycles. The molecule has 0 amide bonds. The zero-order valence-corrected chi connectivity index (χ0v) is 11.4. The number of pyridine rings is 1. The second-order valence-corrected chi connectivity index (χ2v) is 4.98. The molecule has 1 atom stereocenters. The molecule has 0 aliphatic carbocycles. The van der Waals surface area contributed by atoms with Crippen LogP contribution in [0.15, 0.2) is 47.6 Å². The first kappa shape index (κ1) is 12.2. The molecule has 3 rings (SSSR count). The fourth-order valence-corrected chi connectivity index (χ4v) is 2.47. The molecular weight excluding hydrogens is 258 g/mol. The zero-order chi connectivity index (χ0) is 13.2. The molecule has 0 bridgehead atoms. The molecule has 2 aromatic rings. The van der Waals surface area contributed by atoms with Crippen LogP contribution in [-0.2, 0) is 0 Å². The second-order valence-electron chi connectivity index (χ2n) is 4.63. The number of nitrogens with zero attached hydrogens (tertiary/aromatic N) is 2. The van der Waals surface area contributed by atoms with E-state index in [0.29, 0.717) is 11.2 Å². The Bertz CT molecular complexity index is 623. The second kappa shape index (κ2) is 5.02. The van der Waals surface area contributed by atoms with Crippen LogP contribution >= 0.6 is 11.6 Å². The van der Waals surface area contributed by atoms with Crippen molar-refractivity contribution in [3.05, 3.63) is 53.3 Å². The minimum Gasteiger partial charge on any atom is -0.365 e. The minimum absolute atomic E-state index is 0.342. The number of amidine groups is 1. The van der Waals surface area contributed by atoms with Crippen LogP contribution in [0, 0.1) is 0 Å². The van der Waals surface area contributed by atoms with E-state index in [1.54, 1.807) is 6.20 Å². The van der Waals surface area contributed by atoms with Gasteiger partial charge in [0.2, 0.25) is 0 Å². The third kappa shape index (κ3) is 2.34. The van der Waals surface area contributed by atoms with Crippen LogP contribution in [0.3, 0.4) is 0 Å². The number of aliphatic imine (C=N–C) groups is 1. The highest BCUT2D eigenvalue weighted by atomic mass is 35.5. The van der Waals surface area contributed by atoms with Gasteiger partial charge in [-0.3, -0.25) is 4.99 Å². The number of hydrogen-bond donors (Lipinski definition) is 1. The van der Waals surface area contributed by atoms with Gasteiger partial charge in [0.1, 0.15) is 11.0 Å². The number of halogens is 1. The number of aromatic nitrogens is 1. The van der Waals surface area contributed by atoms with Gasteiger partial charge in [0.15, 0.2) is 0 Å². The predicted molar refractivity (Wildman–Crippen MR) is 78.7 cm³/mol. The van der Waals surface area contributed by atoms with Gasteiger partial charge < -0.3 is 5.32 Å². The van der Waals surface area contributed by atoms with Crippen molar-refractivity contribution >= 4 is 17.4 Å². The molecule has 1 unspecified atom stereocenters. The van der Waals surface area contributed by atoms with E-state index in [0.717, 1.165) is 29.1 Å². The lowest BCUT2D eigenvalue weighted by atomic mass is 10.0. The Morgan fingerprint density at radius 1 is 1.21 bits per heavy atom. The van der Waals surface area contributed by atoms with Gasteiger partial charge in [-0.05, 0) is 24.1 Å². The maximum Gasteiger partial charge on any atom is 0.140 e. The standard InChI is InChI=1S/C15H14ClN3/c1-10-9-18-15(19-10)13-12(7-8-17-14(13)16)11-5-3-2-4-6-11/h2-8,10H,9H2,1H3,(H,18,19). The molecule has 19 heavy (non-hydrogen) atoms. The molecule has 0 saturated carbocycles. The van der Waals surface area contributed by atoms with E-state index in [1.807, 2.05) is 24.3 Å². The lowest BCUT2D eigenvalue weighted by molar-refractivity contribution is 0.726. The molecule has 1 N–H and O–H groups in total. The summed E-state index contributed by atoms with van der Waals surface area (Å²) in [5.74, 6) is 0.837. The average Bonchev–Trinajstić information content (AvgIpc) is 2.86. The van der Waals surface area contributed by atoms with E-state index < -0.39 is 0 Å². The average molecular weight is 272 g/mol. The van der Waals surface area contributed by atoms with Gasteiger partial charge in [-0.15, -0.1) is 0 Å². The molecule has 3 nitrogen and oxygen atoms in total. The first-order valence-corrected chi connectivity index (χ1v) is 6.65. The molecular formula is C15H14ClN3. The maximum absolute atomic E-state index is 6.28. The summed E-state index contributed by atoms with van der Waals surface area (Å²) in [7, 11) is 0. The molecule has 0 radical (unpaired) electrons. The van der Waals surface area contributed by atoms with Crippen molar-refractivity contribution in [2.24, 2.45) is 4.99 Å². The minimum atomic E-state index is 0.342. The van der Waals surface area contributed by atoms with Crippen LogP contribution in [-0.4, -0.2) is 23.4 Å². The van der Waals surface area contributed by atoms with Gasteiger partial charge in [-0.25, -0.2) is 4.98 Å². The zero-order valence-electron chi connectivity index (χ0n) is 10.6. The largest absolute Gasteiger partial charge is 0.365 e. The van der Waals surface area contributed by atoms with Crippen LogP contribution in [0.5, 0.6) is 0 Å². The Hall–Kier alpha value is -1.87. The number of rotatable bonds is 2. The van der Waals surface area contributed by atoms with E-state index in [4.69, 9.17) is 11.6 Å². The Labute approximate surface area is 117 Å². The van der Waals surface area contributed by atoms with Crippen molar-refractivity contribution in [1.82, 2.24) is 10.3 Å². The summed E-state index contributed by atoms with van der Waals surface area (Å²) in [6, 6.07) is 12.5. The normalized spacial score (nSPS) is 18.0. The molecule has 4 heteroatoms. The Balaban J connectivity index is 2.14. The van der Waals surface area contributed by atoms with Crippen LogP contribution in [0.25, 0.3) is 11.1 Å². The third-order valence-corrected chi connectivity index (χ3v) is 3.42. The first-order chi connectivity index (χ1) is 9.25. The first-order valence-electron chi connectivity index (χ1n) is 6.27. The van der Waals surface area contributed by atoms with Crippen LogP contribution in [0.2, 0.25) is 5.15 Å². The van der Waals surface area contributed by atoms with E-state index >= 15 is 0 Å². The van der Waals surface area contributed by atoms with Crippen molar-refractivity contribution in [3.63, 3.8) is 0 Å². The number of benzene rings is 1. The smallest absolute Gasteiger partial charge is 0.140 e. The summed E-state index contributed by atoms with van der Waals surface area (Å²) in [5.41, 5.74) is 3.06. The molecule has 1 aromatic heterocycles. The number of hydrogen-bond acceptors (Lipinski definition) is 3. The molecule has 0 fully saturated rings. The van der Waals surface area contributed by atoms with Crippen LogP contribution in [0.1, 0.15) is 12.5 Å². The van der Waals surface area contributed by atoms with Gasteiger partial charge in [0.05, 0.1) is 12.1 Å². The molecule has 1 aliphatic heterocycles. The Morgan fingerprint density at radius 2 is 2.00 bits per heavy atom. The fourth-order valence-electron chi connectivity index (χ4n) is 2.22. The van der Waals surface area contributed by atoms with Gasteiger partial charge in [0, 0.05) is 12.2 Å². The van der Waals surface area contributed by atoms with Crippen LogP contribution < -0.4 is 5.32 Å². The molecule has 0 saturated heterocycles. The highest BCUT2D eigenvalue weighted by Gasteiger charge is 2.21. The monoisotopic (exact) mass is 271 g/mol. The van der Waals surface area contributed by atoms with Crippen molar-refractivity contribution in [2.45, 2.75) is 13.0 Å². The summed E-state index contributed by atoms with van der Waals surface area (Å²) in [6.07, 6.45) is 1.73. The summed E-state index contributed by atoms with van der Waals surface area (Å²) >= 11 is 6.28. The molecule has 1 aliphatic rings. The van der Waals surface area contributed by atoms with E-state index in [-0.39, 0.29) is 0 Å². The summed E-state index contributed by atoms with van der Waals surface area (Å²) < 4.78 is 0. The van der Waals surface area contributed by atoms with Gasteiger partial charge in [-0.1, -0.05) is 41.9 Å². The molecule has 96 valence electrons. The van der Waals surface area contributed by atoms with Crippen molar-refractivity contribution in [3.8, 4) is 11.1 Å². The SMILES string of the molecule is CC1CN=C(c2c(-c3ccccc3)ccnc2Cl)N1. The van der Waals surface area contributed by atoms with Gasteiger partial charge in [0.25, 0.3) is 0 Å². The van der Waals surface area contributed by atoms with E-state index in [1.165, 1.54) is 0 Å². The molecule has 1 aromatic carbocycles. The topological polar surface area (TPSA) is 37.3 Å². The van der Waals surface area contributed by atoms with Crippen molar-refractivity contribution in [1.29, 1.82) is 0 Å².